The number of nitrogen functional groups attached to an aromatic ring is 2. The Hall–Kier alpha value is -2.58. The van der Waals surface area contributed by atoms with E-state index >= 15 is 0 Å². The fourth-order valence-electron chi connectivity index (χ4n) is 1.57. The zero-order valence-corrected chi connectivity index (χ0v) is 9.01. The van der Waals surface area contributed by atoms with Gasteiger partial charge in [0.2, 0.25) is 0 Å². The molecule has 0 atom stereocenters. The van der Waals surface area contributed by atoms with Crippen LogP contribution in [0.1, 0.15) is 5.56 Å². The lowest BCUT2D eigenvalue weighted by Gasteiger charge is -2.08. The van der Waals surface area contributed by atoms with Crippen molar-refractivity contribution in [2.45, 2.75) is 0 Å². The Morgan fingerprint density at radius 2 is 1.88 bits per heavy atom. The summed E-state index contributed by atoms with van der Waals surface area (Å²) in [5.41, 5.74) is 11.3. The van der Waals surface area contributed by atoms with Gasteiger partial charge >= 0.3 is 0 Å². The Kier molecular flexibility index (Phi) is 2.90. The van der Waals surface area contributed by atoms with Crippen molar-refractivity contribution in [1.82, 2.24) is 4.98 Å². The Bertz CT molecular complexity index is 568. The molecule has 5 heteroatoms. The van der Waals surface area contributed by atoms with Crippen molar-refractivity contribution in [2.24, 2.45) is 5.84 Å². The molecule has 0 spiro atoms. The lowest BCUT2D eigenvalue weighted by atomic mass is 10.0. The minimum Gasteiger partial charge on any atom is -0.399 e. The minimum absolute atomic E-state index is 0.465. The van der Waals surface area contributed by atoms with Crippen LogP contribution in [0.15, 0.2) is 36.7 Å². The standard InChI is InChI=1S/C12H11N5/c13-5-10-11(6-16-7-12(10)17-15)8-1-3-9(14)4-2-8/h1-4,6-7,17H,14-15H2. The van der Waals surface area contributed by atoms with Gasteiger partial charge in [0.1, 0.15) is 6.07 Å². The molecule has 0 radical (unpaired) electrons. The van der Waals surface area contributed by atoms with E-state index in [9.17, 15) is 0 Å². The maximum atomic E-state index is 9.15. The molecule has 17 heavy (non-hydrogen) atoms. The highest BCUT2D eigenvalue weighted by Gasteiger charge is 2.09. The second-order valence-corrected chi connectivity index (χ2v) is 3.49. The molecule has 1 aromatic heterocycles. The van der Waals surface area contributed by atoms with E-state index in [0.717, 1.165) is 11.1 Å². The number of nitrogens with two attached hydrogens (primary N) is 2. The highest BCUT2D eigenvalue weighted by Crippen LogP contribution is 2.27. The Morgan fingerprint density at radius 3 is 2.47 bits per heavy atom. The van der Waals surface area contributed by atoms with Gasteiger partial charge in [-0.2, -0.15) is 5.26 Å². The summed E-state index contributed by atoms with van der Waals surface area (Å²) in [6.45, 7) is 0. The number of benzene rings is 1. The van der Waals surface area contributed by atoms with Gasteiger partial charge in [-0.1, -0.05) is 12.1 Å². The van der Waals surface area contributed by atoms with Gasteiger partial charge in [0.05, 0.1) is 17.4 Å². The van der Waals surface area contributed by atoms with Gasteiger partial charge in [-0.3, -0.25) is 10.8 Å². The largest absolute Gasteiger partial charge is 0.399 e. The molecule has 0 fully saturated rings. The van der Waals surface area contributed by atoms with Gasteiger partial charge in [0.15, 0.2) is 0 Å². The average Bonchev–Trinajstić information content (AvgIpc) is 2.38. The molecule has 0 aliphatic rings. The number of nitrogens with zero attached hydrogens (tertiary/aromatic N) is 2. The molecule has 2 rings (SSSR count). The lowest BCUT2D eigenvalue weighted by molar-refractivity contribution is 1.25. The number of nitrogens with one attached hydrogen (secondary N) is 1. The number of hydrogen-bond acceptors (Lipinski definition) is 5. The van der Waals surface area contributed by atoms with Crippen LogP contribution < -0.4 is 17.0 Å². The number of hydrazine groups is 1. The van der Waals surface area contributed by atoms with Crippen LogP contribution in [0.5, 0.6) is 0 Å². The van der Waals surface area contributed by atoms with Crippen LogP contribution in [0, 0.1) is 11.3 Å². The maximum Gasteiger partial charge on any atom is 0.102 e. The van der Waals surface area contributed by atoms with Gasteiger partial charge < -0.3 is 11.2 Å². The number of anilines is 2. The molecule has 1 aromatic carbocycles. The maximum absolute atomic E-state index is 9.15. The highest BCUT2D eigenvalue weighted by atomic mass is 15.2. The van der Waals surface area contributed by atoms with E-state index in [1.807, 2.05) is 12.1 Å². The van der Waals surface area contributed by atoms with Crippen LogP contribution in [0.4, 0.5) is 11.4 Å². The molecular formula is C12H11N5. The summed E-state index contributed by atoms with van der Waals surface area (Å²) in [5.74, 6) is 5.34. The highest BCUT2D eigenvalue weighted by molar-refractivity contribution is 5.77. The molecule has 0 aliphatic carbocycles. The number of hydrogen-bond donors (Lipinski definition) is 3. The van der Waals surface area contributed by atoms with Crippen molar-refractivity contribution < 1.29 is 0 Å². The van der Waals surface area contributed by atoms with Crippen molar-refractivity contribution in [3.63, 3.8) is 0 Å². The molecule has 0 bridgehead atoms. The van der Waals surface area contributed by atoms with Crippen molar-refractivity contribution >= 4 is 11.4 Å². The van der Waals surface area contributed by atoms with Gasteiger partial charge in [0.25, 0.3) is 0 Å². The summed E-state index contributed by atoms with van der Waals surface area (Å²) in [4.78, 5) is 4.04. The molecule has 5 nitrogen and oxygen atoms in total. The summed E-state index contributed by atoms with van der Waals surface area (Å²) >= 11 is 0. The predicted molar refractivity (Wildman–Crippen MR) is 66.6 cm³/mol. The van der Waals surface area contributed by atoms with E-state index in [1.165, 1.54) is 6.20 Å². The van der Waals surface area contributed by atoms with Crippen molar-refractivity contribution in [2.75, 3.05) is 11.2 Å². The molecule has 0 saturated heterocycles. The fraction of sp³-hybridized carbons (Fsp3) is 0. The third-order valence-corrected chi connectivity index (χ3v) is 2.43. The van der Waals surface area contributed by atoms with Crippen LogP contribution in [0.2, 0.25) is 0 Å². The number of rotatable bonds is 2. The first kappa shape index (κ1) is 10.9. The summed E-state index contributed by atoms with van der Waals surface area (Å²) < 4.78 is 0. The van der Waals surface area contributed by atoms with Crippen LogP contribution in [0.3, 0.4) is 0 Å². The SMILES string of the molecule is N#Cc1c(NN)cncc1-c1ccc(N)cc1. The quantitative estimate of drug-likeness (QED) is 0.408. The average molecular weight is 225 g/mol. The predicted octanol–water partition coefficient (Wildman–Crippen LogP) is 1.49. The monoisotopic (exact) mass is 225 g/mol. The summed E-state index contributed by atoms with van der Waals surface area (Å²) in [7, 11) is 0. The van der Waals surface area contributed by atoms with Gasteiger partial charge in [-0.25, -0.2) is 0 Å². The van der Waals surface area contributed by atoms with E-state index < -0.39 is 0 Å². The lowest BCUT2D eigenvalue weighted by Crippen LogP contribution is -2.09. The zero-order chi connectivity index (χ0) is 12.3. The third kappa shape index (κ3) is 2.02. The first-order valence-electron chi connectivity index (χ1n) is 4.97. The molecule has 84 valence electrons. The Morgan fingerprint density at radius 1 is 1.18 bits per heavy atom. The first-order chi connectivity index (χ1) is 8.26. The van der Waals surface area contributed by atoms with Gasteiger partial charge in [-0.05, 0) is 17.7 Å². The Balaban J connectivity index is 2.60. The number of aromatic nitrogens is 1. The summed E-state index contributed by atoms with van der Waals surface area (Å²) in [6.07, 6.45) is 3.14. The van der Waals surface area contributed by atoms with E-state index in [0.29, 0.717) is 16.9 Å². The molecule has 0 saturated carbocycles. The normalized spacial score (nSPS) is 9.65. The van der Waals surface area contributed by atoms with E-state index in [1.54, 1.807) is 18.3 Å². The van der Waals surface area contributed by atoms with Crippen LogP contribution in [0.25, 0.3) is 11.1 Å². The molecule has 0 aliphatic heterocycles. The third-order valence-electron chi connectivity index (χ3n) is 2.43. The molecular weight excluding hydrogens is 214 g/mol. The smallest absolute Gasteiger partial charge is 0.102 e. The van der Waals surface area contributed by atoms with Crippen molar-refractivity contribution in [1.29, 1.82) is 5.26 Å². The van der Waals surface area contributed by atoms with E-state index in [-0.39, 0.29) is 0 Å². The second kappa shape index (κ2) is 4.51. The molecule has 2 aromatic rings. The van der Waals surface area contributed by atoms with Gasteiger partial charge in [0, 0.05) is 17.4 Å². The van der Waals surface area contributed by atoms with Crippen molar-refractivity contribution in [3.8, 4) is 17.2 Å². The molecule has 5 N–H and O–H groups in total. The zero-order valence-electron chi connectivity index (χ0n) is 9.01. The summed E-state index contributed by atoms with van der Waals surface area (Å²) in [5, 5.41) is 9.15. The topological polar surface area (TPSA) is 101 Å². The second-order valence-electron chi connectivity index (χ2n) is 3.49. The molecule has 0 amide bonds. The van der Waals surface area contributed by atoms with E-state index in [2.05, 4.69) is 16.5 Å². The van der Waals surface area contributed by atoms with Crippen LogP contribution >= 0.6 is 0 Å². The fourth-order valence-corrected chi connectivity index (χ4v) is 1.57. The molecule has 1 heterocycles. The molecule has 0 unspecified atom stereocenters. The van der Waals surface area contributed by atoms with Gasteiger partial charge in [-0.15, -0.1) is 0 Å². The van der Waals surface area contributed by atoms with Crippen molar-refractivity contribution in [3.05, 3.63) is 42.2 Å². The number of pyridine rings is 1. The van der Waals surface area contributed by atoms with E-state index in [4.69, 9.17) is 16.8 Å². The first-order valence-corrected chi connectivity index (χ1v) is 4.97. The van der Waals surface area contributed by atoms with Crippen LogP contribution in [-0.4, -0.2) is 4.98 Å². The summed E-state index contributed by atoms with van der Waals surface area (Å²) in [6, 6.07) is 9.35. The number of nitriles is 1. The van der Waals surface area contributed by atoms with Crippen LogP contribution in [-0.2, 0) is 0 Å². The minimum atomic E-state index is 0.465. The Labute approximate surface area is 98.7 Å².